The van der Waals surface area contributed by atoms with Gasteiger partial charge in [-0.25, -0.2) is 0 Å². The van der Waals surface area contributed by atoms with Crippen LogP contribution in [-0.4, -0.2) is 12.1 Å². The fourth-order valence-electron chi connectivity index (χ4n) is 2.99. The van der Waals surface area contributed by atoms with Crippen molar-refractivity contribution in [3.8, 4) is 0 Å². The van der Waals surface area contributed by atoms with Crippen molar-refractivity contribution in [2.45, 2.75) is 71.9 Å². The van der Waals surface area contributed by atoms with Gasteiger partial charge in [-0.3, -0.25) is 0 Å². The van der Waals surface area contributed by atoms with Crippen LogP contribution >= 0.6 is 0 Å². The van der Waals surface area contributed by atoms with E-state index in [9.17, 15) is 0 Å². The highest BCUT2D eigenvalue weighted by atomic mass is 15.0. The first-order valence-corrected chi connectivity index (χ1v) is 6.48. The van der Waals surface area contributed by atoms with Crippen molar-refractivity contribution in [1.82, 2.24) is 5.32 Å². The molecule has 1 aliphatic heterocycles. The normalized spacial score (nSPS) is 34.7. The third-order valence-corrected chi connectivity index (χ3v) is 3.93. The zero-order valence-corrected chi connectivity index (χ0v) is 10.3. The molecule has 1 aliphatic rings. The summed E-state index contributed by atoms with van der Waals surface area (Å²) in [5.74, 6) is 1.85. The largest absolute Gasteiger partial charge is 0.311 e. The lowest BCUT2D eigenvalue weighted by Crippen LogP contribution is -2.32. The molecule has 14 heavy (non-hydrogen) atoms. The minimum Gasteiger partial charge on any atom is -0.311 e. The van der Waals surface area contributed by atoms with E-state index in [0.29, 0.717) is 0 Å². The molecule has 4 atom stereocenters. The van der Waals surface area contributed by atoms with Crippen LogP contribution in [0.5, 0.6) is 0 Å². The Balaban J connectivity index is 2.49. The molecule has 1 fully saturated rings. The van der Waals surface area contributed by atoms with Crippen LogP contribution in [0.15, 0.2) is 0 Å². The topological polar surface area (TPSA) is 12.0 Å². The number of nitrogens with one attached hydrogen (secondary N) is 1. The molecule has 0 spiro atoms. The van der Waals surface area contributed by atoms with Gasteiger partial charge in [0.1, 0.15) is 0 Å². The van der Waals surface area contributed by atoms with Crippen molar-refractivity contribution < 1.29 is 0 Å². The van der Waals surface area contributed by atoms with E-state index in [1.54, 1.807) is 0 Å². The zero-order chi connectivity index (χ0) is 10.6. The molecule has 1 nitrogen and oxygen atoms in total. The predicted octanol–water partition coefficient (Wildman–Crippen LogP) is 3.59. The molecule has 0 aliphatic carbocycles. The van der Waals surface area contributed by atoms with Crippen LogP contribution in [-0.2, 0) is 0 Å². The second-order valence-electron chi connectivity index (χ2n) is 4.95. The number of rotatable bonds is 5. The Morgan fingerprint density at radius 3 is 2.43 bits per heavy atom. The van der Waals surface area contributed by atoms with Crippen molar-refractivity contribution in [2.75, 3.05) is 0 Å². The van der Waals surface area contributed by atoms with Gasteiger partial charge in [-0.2, -0.15) is 0 Å². The average molecular weight is 197 g/mol. The summed E-state index contributed by atoms with van der Waals surface area (Å²) >= 11 is 0. The van der Waals surface area contributed by atoms with Gasteiger partial charge in [0.25, 0.3) is 0 Å². The Hall–Kier alpha value is -0.0400. The van der Waals surface area contributed by atoms with Gasteiger partial charge >= 0.3 is 0 Å². The summed E-state index contributed by atoms with van der Waals surface area (Å²) in [4.78, 5) is 0. The minimum absolute atomic E-state index is 0.793. The van der Waals surface area contributed by atoms with Crippen LogP contribution in [0.25, 0.3) is 0 Å². The quantitative estimate of drug-likeness (QED) is 0.710. The molecule has 4 unspecified atom stereocenters. The molecule has 0 bridgehead atoms. The molecule has 1 saturated heterocycles. The van der Waals surface area contributed by atoms with E-state index in [0.717, 1.165) is 23.9 Å². The third-order valence-electron chi connectivity index (χ3n) is 3.93. The number of hydrogen-bond donors (Lipinski definition) is 1. The molecule has 0 aromatic carbocycles. The highest BCUT2D eigenvalue weighted by molar-refractivity contribution is 4.91. The zero-order valence-electron chi connectivity index (χ0n) is 10.3. The van der Waals surface area contributed by atoms with Crippen LogP contribution in [0, 0.1) is 11.8 Å². The highest BCUT2D eigenvalue weighted by Gasteiger charge is 2.34. The molecule has 0 amide bonds. The second-order valence-corrected chi connectivity index (χ2v) is 4.95. The molecule has 0 aromatic rings. The third kappa shape index (κ3) is 2.73. The molecular weight excluding hydrogens is 170 g/mol. The van der Waals surface area contributed by atoms with Crippen molar-refractivity contribution in [2.24, 2.45) is 11.8 Å². The Labute approximate surface area is 89.7 Å². The summed E-state index contributed by atoms with van der Waals surface area (Å²) in [7, 11) is 0. The molecule has 0 aromatic heterocycles. The Kier molecular flexibility index (Phi) is 4.94. The van der Waals surface area contributed by atoms with Crippen molar-refractivity contribution in [3.05, 3.63) is 0 Å². The van der Waals surface area contributed by atoms with Crippen molar-refractivity contribution in [3.63, 3.8) is 0 Å². The summed E-state index contributed by atoms with van der Waals surface area (Å²) < 4.78 is 0. The summed E-state index contributed by atoms with van der Waals surface area (Å²) in [6.45, 7) is 9.37. The van der Waals surface area contributed by atoms with Crippen LogP contribution in [0.1, 0.15) is 59.8 Å². The van der Waals surface area contributed by atoms with Crippen molar-refractivity contribution >= 4 is 0 Å². The average Bonchev–Trinajstić information content (AvgIpc) is 2.61. The fourth-order valence-corrected chi connectivity index (χ4v) is 2.99. The van der Waals surface area contributed by atoms with Crippen LogP contribution in [0.3, 0.4) is 0 Å². The van der Waals surface area contributed by atoms with E-state index in [-0.39, 0.29) is 0 Å². The molecule has 1 heteroatoms. The smallest absolute Gasteiger partial charge is 0.00984 e. The first kappa shape index (κ1) is 12.0. The molecule has 1 heterocycles. The first-order chi connectivity index (χ1) is 6.72. The lowest BCUT2D eigenvalue weighted by Gasteiger charge is -2.24. The molecular formula is C13H27N. The number of hydrogen-bond acceptors (Lipinski definition) is 1. The Morgan fingerprint density at radius 1 is 1.21 bits per heavy atom. The molecule has 0 radical (unpaired) electrons. The standard InChI is InChI=1S/C13H27N/c1-5-8-10(4)12-9-11(6-2)14-13(12)7-3/h10-14H,5-9H2,1-4H3. The summed E-state index contributed by atoms with van der Waals surface area (Å²) in [6, 6.07) is 1.59. The van der Waals surface area contributed by atoms with Crippen molar-refractivity contribution in [1.29, 1.82) is 0 Å². The maximum absolute atomic E-state index is 3.78. The van der Waals surface area contributed by atoms with E-state index in [1.807, 2.05) is 0 Å². The minimum atomic E-state index is 0.793. The maximum atomic E-state index is 3.78. The SMILES string of the molecule is CCCC(C)C1CC(CC)NC1CC. The second kappa shape index (κ2) is 5.75. The van der Waals surface area contributed by atoms with Crippen LogP contribution in [0.2, 0.25) is 0 Å². The van der Waals surface area contributed by atoms with Gasteiger partial charge in [-0.05, 0) is 31.1 Å². The lowest BCUT2D eigenvalue weighted by molar-refractivity contribution is 0.296. The highest BCUT2D eigenvalue weighted by Crippen LogP contribution is 2.32. The van der Waals surface area contributed by atoms with Gasteiger partial charge < -0.3 is 5.32 Å². The maximum Gasteiger partial charge on any atom is 0.00984 e. The summed E-state index contributed by atoms with van der Waals surface area (Å²) in [6.07, 6.45) is 6.75. The van der Waals surface area contributed by atoms with E-state index in [4.69, 9.17) is 0 Å². The first-order valence-electron chi connectivity index (χ1n) is 6.48. The van der Waals surface area contributed by atoms with Gasteiger partial charge in [-0.15, -0.1) is 0 Å². The molecule has 84 valence electrons. The van der Waals surface area contributed by atoms with Gasteiger partial charge in [-0.1, -0.05) is 40.5 Å². The molecule has 1 rings (SSSR count). The lowest BCUT2D eigenvalue weighted by atomic mass is 9.83. The van der Waals surface area contributed by atoms with E-state index < -0.39 is 0 Å². The van der Waals surface area contributed by atoms with E-state index >= 15 is 0 Å². The summed E-state index contributed by atoms with van der Waals surface area (Å²) in [5, 5.41) is 3.78. The monoisotopic (exact) mass is 197 g/mol. The van der Waals surface area contributed by atoms with E-state index in [2.05, 4.69) is 33.0 Å². The predicted molar refractivity (Wildman–Crippen MR) is 63.5 cm³/mol. The molecule has 0 saturated carbocycles. The Bertz CT molecular complexity index is 155. The van der Waals surface area contributed by atoms with Crippen LogP contribution in [0.4, 0.5) is 0 Å². The summed E-state index contributed by atoms with van der Waals surface area (Å²) in [5.41, 5.74) is 0. The van der Waals surface area contributed by atoms with Gasteiger partial charge in [0.2, 0.25) is 0 Å². The van der Waals surface area contributed by atoms with Gasteiger partial charge in [0.15, 0.2) is 0 Å². The Morgan fingerprint density at radius 2 is 1.93 bits per heavy atom. The van der Waals surface area contributed by atoms with Gasteiger partial charge in [0.05, 0.1) is 0 Å². The van der Waals surface area contributed by atoms with E-state index in [1.165, 1.54) is 32.1 Å². The van der Waals surface area contributed by atoms with Crippen LogP contribution < -0.4 is 5.32 Å². The molecule has 1 N–H and O–H groups in total. The fraction of sp³-hybridized carbons (Fsp3) is 1.00. The van der Waals surface area contributed by atoms with Gasteiger partial charge in [0, 0.05) is 12.1 Å².